The van der Waals surface area contributed by atoms with E-state index >= 15 is 0 Å². The number of aromatic nitrogens is 5. The molecule has 0 saturated carbocycles. The van der Waals surface area contributed by atoms with E-state index in [4.69, 9.17) is 9.84 Å². The Kier molecular flexibility index (Phi) is 4.10. The molecule has 0 amide bonds. The van der Waals surface area contributed by atoms with Crippen LogP contribution in [0.2, 0.25) is 0 Å². The molecule has 0 fully saturated rings. The normalized spacial score (nSPS) is 10.8. The molecule has 0 aliphatic carbocycles. The second-order valence-corrected chi connectivity index (χ2v) is 4.61. The number of anilines is 1. The molecule has 114 valence electrons. The summed E-state index contributed by atoms with van der Waals surface area (Å²) >= 11 is 0. The summed E-state index contributed by atoms with van der Waals surface area (Å²) in [5.74, 6) is 1.28. The highest BCUT2D eigenvalue weighted by Crippen LogP contribution is 2.19. The standard InChI is InChI=1S/C14H16N6O2/c1-22-12-3-2-10(6-15-12)7-16-13-11-8-19-20(4-5-21)14(11)18-9-17-13/h2-3,6,8-9,21H,4-5,7H2,1H3,(H,16,17,18). The van der Waals surface area contributed by atoms with Crippen LogP contribution in [0.15, 0.2) is 30.9 Å². The highest BCUT2D eigenvalue weighted by atomic mass is 16.5. The predicted octanol–water partition coefficient (Wildman–Crippen LogP) is 0.834. The first-order valence-corrected chi connectivity index (χ1v) is 6.82. The van der Waals surface area contributed by atoms with Crippen LogP contribution in [0.5, 0.6) is 5.88 Å². The van der Waals surface area contributed by atoms with E-state index in [-0.39, 0.29) is 6.61 Å². The summed E-state index contributed by atoms with van der Waals surface area (Å²) in [4.78, 5) is 12.6. The van der Waals surface area contributed by atoms with E-state index in [2.05, 4.69) is 25.4 Å². The van der Waals surface area contributed by atoms with Crippen LogP contribution in [0.25, 0.3) is 11.0 Å². The smallest absolute Gasteiger partial charge is 0.212 e. The number of aliphatic hydroxyl groups is 1. The molecular weight excluding hydrogens is 284 g/mol. The maximum Gasteiger partial charge on any atom is 0.212 e. The van der Waals surface area contributed by atoms with Crippen LogP contribution in [-0.4, -0.2) is 43.6 Å². The minimum Gasteiger partial charge on any atom is -0.481 e. The van der Waals surface area contributed by atoms with E-state index in [1.807, 2.05) is 12.1 Å². The average molecular weight is 300 g/mol. The lowest BCUT2D eigenvalue weighted by atomic mass is 10.3. The zero-order valence-corrected chi connectivity index (χ0v) is 12.1. The Labute approximate surface area is 126 Å². The maximum absolute atomic E-state index is 9.02. The number of ether oxygens (including phenoxy) is 1. The van der Waals surface area contributed by atoms with Gasteiger partial charge in [-0.05, 0) is 5.56 Å². The SMILES string of the molecule is COc1ccc(CNc2ncnc3c2cnn3CCO)cn1. The largest absolute Gasteiger partial charge is 0.481 e. The molecule has 8 heteroatoms. The molecule has 0 spiro atoms. The van der Waals surface area contributed by atoms with Crippen LogP contribution in [-0.2, 0) is 13.1 Å². The van der Waals surface area contributed by atoms with E-state index in [0.29, 0.717) is 30.4 Å². The molecule has 3 aromatic heterocycles. The lowest BCUT2D eigenvalue weighted by Crippen LogP contribution is -2.06. The molecule has 3 rings (SSSR count). The molecule has 0 aliphatic heterocycles. The fourth-order valence-corrected chi connectivity index (χ4v) is 2.11. The Hall–Kier alpha value is -2.74. The summed E-state index contributed by atoms with van der Waals surface area (Å²) in [6.45, 7) is 0.998. The summed E-state index contributed by atoms with van der Waals surface area (Å²) in [5, 5.41) is 17.3. The lowest BCUT2D eigenvalue weighted by Gasteiger charge is -2.07. The summed E-state index contributed by atoms with van der Waals surface area (Å²) in [6, 6.07) is 3.75. The third-order valence-corrected chi connectivity index (χ3v) is 3.21. The van der Waals surface area contributed by atoms with Crippen molar-refractivity contribution >= 4 is 16.9 Å². The number of pyridine rings is 1. The van der Waals surface area contributed by atoms with Gasteiger partial charge in [-0.25, -0.2) is 19.6 Å². The monoisotopic (exact) mass is 300 g/mol. The Balaban J connectivity index is 1.78. The Bertz CT molecular complexity index is 756. The summed E-state index contributed by atoms with van der Waals surface area (Å²) in [6.07, 6.45) is 4.92. The first kappa shape index (κ1) is 14.2. The molecule has 2 N–H and O–H groups in total. The molecule has 0 atom stereocenters. The summed E-state index contributed by atoms with van der Waals surface area (Å²) < 4.78 is 6.68. The lowest BCUT2D eigenvalue weighted by molar-refractivity contribution is 0.271. The average Bonchev–Trinajstić information content (AvgIpc) is 2.97. The third-order valence-electron chi connectivity index (χ3n) is 3.21. The third kappa shape index (κ3) is 2.82. The van der Waals surface area contributed by atoms with E-state index in [0.717, 1.165) is 10.9 Å². The van der Waals surface area contributed by atoms with Gasteiger partial charge in [0.1, 0.15) is 12.1 Å². The summed E-state index contributed by atoms with van der Waals surface area (Å²) in [5.41, 5.74) is 1.70. The molecule has 0 saturated heterocycles. The fraction of sp³-hybridized carbons (Fsp3) is 0.286. The molecule has 0 aliphatic rings. The van der Waals surface area contributed by atoms with Crippen molar-refractivity contribution in [2.75, 3.05) is 19.0 Å². The molecule has 3 aromatic rings. The van der Waals surface area contributed by atoms with Crippen molar-refractivity contribution in [2.45, 2.75) is 13.1 Å². The first-order valence-electron chi connectivity index (χ1n) is 6.82. The van der Waals surface area contributed by atoms with E-state index in [1.54, 1.807) is 24.2 Å². The number of nitrogens with zero attached hydrogens (tertiary/aromatic N) is 5. The zero-order chi connectivity index (χ0) is 15.4. The molecule has 22 heavy (non-hydrogen) atoms. The van der Waals surface area contributed by atoms with Crippen molar-refractivity contribution in [3.8, 4) is 5.88 Å². The van der Waals surface area contributed by atoms with Gasteiger partial charge in [0.15, 0.2) is 5.65 Å². The van der Waals surface area contributed by atoms with Crippen LogP contribution in [0.3, 0.4) is 0 Å². The molecule has 3 heterocycles. The Morgan fingerprint density at radius 2 is 2.14 bits per heavy atom. The van der Waals surface area contributed by atoms with Gasteiger partial charge in [-0.2, -0.15) is 5.10 Å². The van der Waals surface area contributed by atoms with Crippen LogP contribution in [0, 0.1) is 0 Å². The Morgan fingerprint density at radius 1 is 1.23 bits per heavy atom. The highest BCUT2D eigenvalue weighted by Gasteiger charge is 2.09. The van der Waals surface area contributed by atoms with Crippen LogP contribution < -0.4 is 10.1 Å². The van der Waals surface area contributed by atoms with Gasteiger partial charge in [0.25, 0.3) is 0 Å². The number of hydrogen-bond donors (Lipinski definition) is 2. The fourth-order valence-electron chi connectivity index (χ4n) is 2.11. The molecule has 8 nitrogen and oxygen atoms in total. The van der Waals surface area contributed by atoms with Gasteiger partial charge in [0.05, 0.1) is 31.8 Å². The van der Waals surface area contributed by atoms with Gasteiger partial charge < -0.3 is 15.2 Å². The Morgan fingerprint density at radius 3 is 2.86 bits per heavy atom. The van der Waals surface area contributed by atoms with Crippen molar-refractivity contribution in [2.24, 2.45) is 0 Å². The second kappa shape index (κ2) is 6.35. The van der Waals surface area contributed by atoms with Crippen LogP contribution >= 0.6 is 0 Å². The number of aliphatic hydroxyl groups excluding tert-OH is 1. The highest BCUT2D eigenvalue weighted by molar-refractivity contribution is 5.85. The number of rotatable bonds is 6. The maximum atomic E-state index is 9.02. The van der Waals surface area contributed by atoms with Gasteiger partial charge in [0.2, 0.25) is 5.88 Å². The van der Waals surface area contributed by atoms with E-state index in [1.165, 1.54) is 6.33 Å². The van der Waals surface area contributed by atoms with Gasteiger partial charge in [-0.15, -0.1) is 0 Å². The van der Waals surface area contributed by atoms with Crippen LogP contribution in [0.4, 0.5) is 5.82 Å². The van der Waals surface area contributed by atoms with Crippen molar-refractivity contribution in [3.05, 3.63) is 36.4 Å². The quantitative estimate of drug-likeness (QED) is 0.696. The topological polar surface area (TPSA) is 98.0 Å². The van der Waals surface area contributed by atoms with Gasteiger partial charge in [-0.1, -0.05) is 6.07 Å². The van der Waals surface area contributed by atoms with Crippen molar-refractivity contribution in [1.29, 1.82) is 0 Å². The predicted molar refractivity (Wildman–Crippen MR) is 80.5 cm³/mol. The minimum absolute atomic E-state index is 0.0149. The number of fused-ring (bicyclic) bond motifs is 1. The molecule has 0 aromatic carbocycles. The van der Waals surface area contributed by atoms with Gasteiger partial charge in [-0.3, -0.25) is 0 Å². The van der Waals surface area contributed by atoms with E-state index < -0.39 is 0 Å². The van der Waals surface area contributed by atoms with Gasteiger partial charge in [0, 0.05) is 18.8 Å². The summed E-state index contributed by atoms with van der Waals surface area (Å²) in [7, 11) is 1.59. The van der Waals surface area contributed by atoms with Gasteiger partial charge >= 0.3 is 0 Å². The van der Waals surface area contributed by atoms with Crippen LogP contribution in [0.1, 0.15) is 5.56 Å². The number of methoxy groups -OCH3 is 1. The molecular formula is C14H16N6O2. The first-order chi connectivity index (χ1) is 10.8. The van der Waals surface area contributed by atoms with Crippen molar-refractivity contribution < 1.29 is 9.84 Å². The second-order valence-electron chi connectivity index (χ2n) is 4.61. The van der Waals surface area contributed by atoms with E-state index in [9.17, 15) is 0 Å². The number of nitrogens with one attached hydrogen (secondary N) is 1. The number of hydrogen-bond acceptors (Lipinski definition) is 7. The zero-order valence-electron chi connectivity index (χ0n) is 12.1. The molecule has 0 unspecified atom stereocenters. The van der Waals surface area contributed by atoms with Crippen molar-refractivity contribution in [1.82, 2.24) is 24.7 Å². The minimum atomic E-state index is 0.0149. The molecule has 0 bridgehead atoms. The molecule has 0 radical (unpaired) electrons. The van der Waals surface area contributed by atoms with Crippen molar-refractivity contribution in [3.63, 3.8) is 0 Å².